The number of nitrogens with zero attached hydrogens (tertiary/aromatic N) is 2. The number of hydrogen-bond donors (Lipinski definition) is 1. The second-order valence-corrected chi connectivity index (χ2v) is 9.61. The molecule has 172 valence electrons. The lowest BCUT2D eigenvalue weighted by molar-refractivity contribution is -0.118. The fraction of sp³-hybridized carbons (Fsp3) is 0.500. The molecule has 32 heavy (non-hydrogen) atoms. The minimum atomic E-state index is -0.571. The van der Waals surface area contributed by atoms with E-state index in [1.807, 2.05) is 24.0 Å². The quantitative estimate of drug-likeness (QED) is 0.593. The molecule has 8 heteroatoms. The second kappa shape index (κ2) is 9.55. The summed E-state index contributed by atoms with van der Waals surface area (Å²) in [7, 11) is 3.18. The number of rotatable bonds is 7. The molecule has 7 nitrogen and oxygen atoms in total. The van der Waals surface area contributed by atoms with Crippen molar-refractivity contribution in [1.29, 1.82) is 5.26 Å². The van der Waals surface area contributed by atoms with Crippen molar-refractivity contribution in [3.63, 3.8) is 0 Å². The molecule has 1 aliphatic carbocycles. The Morgan fingerprint density at radius 2 is 2.03 bits per heavy atom. The first kappa shape index (κ1) is 24.1. The molecule has 0 aromatic heterocycles. The van der Waals surface area contributed by atoms with Crippen molar-refractivity contribution in [2.75, 3.05) is 34.0 Å². The average Bonchev–Trinajstić information content (AvgIpc) is 2.73. The molecule has 1 atom stereocenters. The van der Waals surface area contributed by atoms with Gasteiger partial charge in [-0.2, -0.15) is 5.26 Å². The van der Waals surface area contributed by atoms with Gasteiger partial charge in [0.2, 0.25) is 0 Å². The number of halogens is 1. The van der Waals surface area contributed by atoms with Gasteiger partial charge in [-0.25, -0.2) is 0 Å². The Hall–Kier alpha value is -2.50. The van der Waals surface area contributed by atoms with Gasteiger partial charge in [0.05, 0.1) is 42.4 Å². The van der Waals surface area contributed by atoms with Crippen LogP contribution in [-0.2, 0) is 9.53 Å². The van der Waals surface area contributed by atoms with Crippen LogP contribution in [0.2, 0.25) is 0 Å². The summed E-state index contributed by atoms with van der Waals surface area (Å²) in [4.78, 5) is 15.4. The molecule has 0 amide bonds. The first-order valence-corrected chi connectivity index (χ1v) is 11.4. The van der Waals surface area contributed by atoms with Crippen molar-refractivity contribution >= 4 is 21.7 Å². The molecular weight excluding hydrogens is 474 g/mol. The van der Waals surface area contributed by atoms with Crippen LogP contribution in [0, 0.1) is 16.7 Å². The molecule has 1 aromatic carbocycles. The topological polar surface area (TPSA) is 97.8 Å². The number of allylic oxidation sites excluding steroid dienone is 3. The maximum atomic E-state index is 13.5. The number of nitrogens with two attached hydrogens (primary N) is 1. The summed E-state index contributed by atoms with van der Waals surface area (Å²) in [6.07, 6.45) is 1.09. The highest BCUT2D eigenvalue weighted by Gasteiger charge is 2.44. The Morgan fingerprint density at radius 1 is 1.31 bits per heavy atom. The minimum absolute atomic E-state index is 0.0351. The van der Waals surface area contributed by atoms with Crippen molar-refractivity contribution < 1.29 is 19.0 Å². The standard InChI is InChI=1S/C24H30BrN3O4/c1-6-32-22-16(25)9-14(10-19(22)31-5)20-15(13-26)23(27)28(7-8-30-4)17-11-24(2,3)12-18(29)21(17)20/h9-10,20H,6-8,11-12,27H2,1-5H3/t20-/m0/s1. The van der Waals surface area contributed by atoms with Crippen molar-refractivity contribution in [3.05, 3.63) is 44.8 Å². The Balaban J connectivity index is 2.25. The number of carbonyl (C=O) groups excluding carboxylic acids is 1. The third-order valence-corrected chi connectivity index (χ3v) is 6.47. The number of benzene rings is 1. The van der Waals surface area contributed by atoms with Crippen molar-refractivity contribution in [2.24, 2.45) is 11.1 Å². The predicted octanol–water partition coefficient (Wildman–Crippen LogP) is 4.24. The summed E-state index contributed by atoms with van der Waals surface area (Å²) in [5.74, 6) is 0.936. The van der Waals surface area contributed by atoms with Gasteiger partial charge < -0.3 is 24.8 Å². The molecule has 0 unspecified atom stereocenters. The second-order valence-electron chi connectivity index (χ2n) is 8.76. The monoisotopic (exact) mass is 503 g/mol. The largest absolute Gasteiger partial charge is 0.493 e. The molecule has 3 rings (SSSR count). The van der Waals surface area contributed by atoms with Crippen LogP contribution in [0.15, 0.2) is 39.3 Å². The summed E-state index contributed by atoms with van der Waals surface area (Å²) in [5, 5.41) is 10.1. The molecule has 0 saturated carbocycles. The maximum Gasteiger partial charge on any atom is 0.175 e. The molecule has 2 aliphatic rings. The lowest BCUT2D eigenvalue weighted by Crippen LogP contribution is -2.43. The number of ketones is 1. The van der Waals surface area contributed by atoms with Crippen molar-refractivity contribution in [1.82, 2.24) is 4.90 Å². The maximum absolute atomic E-state index is 13.5. The zero-order valence-corrected chi connectivity index (χ0v) is 20.8. The van der Waals surface area contributed by atoms with Crippen molar-refractivity contribution in [2.45, 2.75) is 39.5 Å². The van der Waals surface area contributed by atoms with E-state index in [9.17, 15) is 10.1 Å². The lowest BCUT2D eigenvalue weighted by atomic mass is 9.68. The number of Topliss-reactive ketones (excluding diaryl/α,β-unsaturated/α-hetero) is 1. The van der Waals surface area contributed by atoms with Gasteiger partial charge in [0.1, 0.15) is 5.82 Å². The lowest BCUT2D eigenvalue weighted by Gasteiger charge is -2.43. The van der Waals surface area contributed by atoms with Crippen LogP contribution in [-0.4, -0.2) is 44.7 Å². The summed E-state index contributed by atoms with van der Waals surface area (Å²) in [5.41, 5.74) is 8.95. The van der Waals surface area contributed by atoms with E-state index in [0.717, 1.165) is 11.3 Å². The summed E-state index contributed by atoms with van der Waals surface area (Å²) >= 11 is 3.57. The normalized spacial score (nSPS) is 20.2. The summed E-state index contributed by atoms with van der Waals surface area (Å²) < 4.78 is 17.2. The van der Waals surface area contributed by atoms with Gasteiger partial charge in [-0.15, -0.1) is 0 Å². The fourth-order valence-corrected chi connectivity index (χ4v) is 5.11. The van der Waals surface area contributed by atoms with E-state index < -0.39 is 5.92 Å². The zero-order valence-electron chi connectivity index (χ0n) is 19.3. The number of carbonyl (C=O) groups is 1. The third-order valence-electron chi connectivity index (χ3n) is 5.88. The van der Waals surface area contributed by atoms with Gasteiger partial charge in [0.15, 0.2) is 17.3 Å². The van der Waals surface area contributed by atoms with Gasteiger partial charge in [-0.1, -0.05) is 13.8 Å². The van der Waals surface area contributed by atoms with E-state index in [0.29, 0.717) is 65.5 Å². The molecule has 0 saturated heterocycles. The van der Waals surface area contributed by atoms with Gasteiger partial charge in [-0.05, 0) is 52.4 Å². The molecule has 1 aromatic rings. The minimum Gasteiger partial charge on any atom is -0.493 e. The molecular formula is C24H30BrN3O4. The average molecular weight is 504 g/mol. The highest BCUT2D eigenvalue weighted by molar-refractivity contribution is 9.10. The van der Waals surface area contributed by atoms with Crippen LogP contribution in [0.1, 0.15) is 45.1 Å². The van der Waals surface area contributed by atoms with Gasteiger partial charge in [-0.3, -0.25) is 4.79 Å². The van der Waals surface area contributed by atoms with Crippen LogP contribution in [0.4, 0.5) is 0 Å². The molecule has 0 fully saturated rings. The van der Waals surface area contributed by atoms with Gasteiger partial charge in [0, 0.05) is 31.3 Å². The van der Waals surface area contributed by atoms with E-state index in [4.69, 9.17) is 19.9 Å². The third kappa shape index (κ3) is 4.37. The van der Waals surface area contributed by atoms with Crippen molar-refractivity contribution in [3.8, 4) is 17.6 Å². The molecule has 1 heterocycles. The van der Waals surface area contributed by atoms with Gasteiger partial charge in [0.25, 0.3) is 0 Å². The van der Waals surface area contributed by atoms with Crippen LogP contribution in [0.3, 0.4) is 0 Å². The first-order chi connectivity index (χ1) is 15.2. The summed E-state index contributed by atoms with van der Waals surface area (Å²) in [6, 6.07) is 5.99. The van der Waals surface area contributed by atoms with E-state index in [2.05, 4.69) is 35.8 Å². The zero-order chi connectivity index (χ0) is 23.6. The van der Waals surface area contributed by atoms with Crippen LogP contribution in [0.25, 0.3) is 0 Å². The number of ether oxygens (including phenoxy) is 3. The van der Waals surface area contributed by atoms with E-state index >= 15 is 0 Å². The highest BCUT2D eigenvalue weighted by atomic mass is 79.9. The molecule has 2 N–H and O–H groups in total. The number of methoxy groups -OCH3 is 2. The molecule has 0 bridgehead atoms. The van der Waals surface area contributed by atoms with Crippen LogP contribution < -0.4 is 15.2 Å². The first-order valence-electron chi connectivity index (χ1n) is 10.6. The smallest absolute Gasteiger partial charge is 0.175 e. The molecule has 1 aliphatic heterocycles. The van der Waals surface area contributed by atoms with Crippen LogP contribution in [0.5, 0.6) is 11.5 Å². The fourth-order valence-electron chi connectivity index (χ4n) is 4.54. The molecule has 0 radical (unpaired) electrons. The van der Waals surface area contributed by atoms with E-state index in [1.54, 1.807) is 14.2 Å². The Kier molecular flexibility index (Phi) is 7.21. The van der Waals surface area contributed by atoms with E-state index in [1.165, 1.54) is 0 Å². The Bertz CT molecular complexity index is 1020. The predicted molar refractivity (Wildman–Crippen MR) is 125 cm³/mol. The Labute approximate surface area is 197 Å². The SMILES string of the molecule is CCOc1c(Br)cc([C@H]2C(C#N)=C(N)N(CCOC)C3=C2C(=O)CC(C)(C)C3)cc1OC. The summed E-state index contributed by atoms with van der Waals surface area (Å²) in [6.45, 7) is 7.43. The highest BCUT2D eigenvalue weighted by Crippen LogP contribution is 2.50. The number of nitriles is 1. The van der Waals surface area contributed by atoms with E-state index in [-0.39, 0.29) is 11.2 Å². The van der Waals surface area contributed by atoms with Gasteiger partial charge >= 0.3 is 0 Å². The molecule has 0 spiro atoms. The number of hydrogen-bond acceptors (Lipinski definition) is 7. The van der Waals surface area contributed by atoms with Crippen LogP contribution >= 0.6 is 15.9 Å². The Morgan fingerprint density at radius 3 is 2.62 bits per heavy atom.